The summed E-state index contributed by atoms with van der Waals surface area (Å²) in [4.78, 5) is 0. The van der Waals surface area contributed by atoms with Gasteiger partial charge in [0.05, 0.1) is 12.2 Å². The number of rotatable bonds is 6. The lowest BCUT2D eigenvalue weighted by Gasteiger charge is -2.21. The maximum Gasteiger partial charge on any atom is 0.279 e. The highest BCUT2D eigenvalue weighted by atomic mass is 32.2. The average Bonchev–Trinajstić information content (AvgIpc) is 2.56. The van der Waals surface area contributed by atoms with Crippen LogP contribution in [-0.4, -0.2) is 42.1 Å². The summed E-state index contributed by atoms with van der Waals surface area (Å²) in [5.41, 5.74) is 3.22. The fraction of sp³-hybridized carbons (Fsp3) is 0.750. The molecule has 0 aliphatic heterocycles. The average molecular weight is 288 g/mol. The molecule has 7 heteroatoms. The minimum Gasteiger partial charge on any atom is -0.268 e. The molecule has 1 N–H and O–H groups in total. The van der Waals surface area contributed by atoms with E-state index in [1.807, 2.05) is 39.3 Å². The zero-order valence-electron chi connectivity index (χ0n) is 12.6. The van der Waals surface area contributed by atoms with Crippen molar-refractivity contribution in [3.8, 4) is 0 Å². The van der Waals surface area contributed by atoms with Crippen molar-refractivity contribution in [2.75, 3.05) is 13.6 Å². The molecule has 0 fully saturated rings. The van der Waals surface area contributed by atoms with Gasteiger partial charge in [-0.05, 0) is 40.2 Å². The second kappa shape index (κ2) is 6.02. The lowest BCUT2D eigenvalue weighted by molar-refractivity contribution is 0.400. The first-order valence-electron chi connectivity index (χ1n) is 6.40. The van der Waals surface area contributed by atoms with Crippen molar-refractivity contribution in [2.45, 2.75) is 47.2 Å². The Morgan fingerprint density at radius 1 is 1.32 bits per heavy atom. The van der Waals surface area contributed by atoms with E-state index in [2.05, 4.69) is 9.82 Å². The number of aromatic nitrogens is 2. The van der Waals surface area contributed by atoms with E-state index in [0.29, 0.717) is 13.1 Å². The monoisotopic (exact) mass is 288 g/mol. The van der Waals surface area contributed by atoms with Crippen molar-refractivity contribution in [3.63, 3.8) is 0 Å². The number of nitrogens with zero attached hydrogens (tertiary/aromatic N) is 3. The molecule has 0 unspecified atom stereocenters. The van der Waals surface area contributed by atoms with Gasteiger partial charge in [-0.25, -0.2) is 4.72 Å². The van der Waals surface area contributed by atoms with E-state index in [1.54, 1.807) is 7.05 Å². The molecule has 0 saturated heterocycles. The maximum absolute atomic E-state index is 11.9. The highest BCUT2D eigenvalue weighted by molar-refractivity contribution is 7.87. The molecule has 0 bridgehead atoms. The third kappa shape index (κ3) is 3.77. The minimum atomic E-state index is -3.40. The number of hydrogen-bond donors (Lipinski definition) is 1. The third-order valence-electron chi connectivity index (χ3n) is 3.46. The zero-order valence-corrected chi connectivity index (χ0v) is 13.4. The van der Waals surface area contributed by atoms with E-state index >= 15 is 0 Å². The largest absolute Gasteiger partial charge is 0.279 e. The maximum atomic E-state index is 11.9. The van der Waals surface area contributed by atoms with Gasteiger partial charge < -0.3 is 0 Å². The van der Waals surface area contributed by atoms with Crippen LogP contribution in [0.3, 0.4) is 0 Å². The van der Waals surface area contributed by atoms with Crippen LogP contribution in [0.25, 0.3) is 0 Å². The quantitative estimate of drug-likeness (QED) is 0.848. The fourth-order valence-electron chi connectivity index (χ4n) is 1.66. The van der Waals surface area contributed by atoms with Gasteiger partial charge in [-0.15, -0.1) is 0 Å². The predicted octanol–water partition coefficient (Wildman–Crippen LogP) is 0.983. The summed E-state index contributed by atoms with van der Waals surface area (Å²) in [6.45, 7) is 10.5. The minimum absolute atomic E-state index is 0.0616. The zero-order chi connectivity index (χ0) is 14.8. The molecule has 1 aromatic rings. The highest BCUT2D eigenvalue weighted by Crippen LogP contribution is 2.10. The molecule has 0 saturated carbocycles. The lowest BCUT2D eigenvalue weighted by atomic mass is 10.2. The molecule has 1 rings (SSSR count). The first-order valence-corrected chi connectivity index (χ1v) is 7.84. The summed E-state index contributed by atoms with van der Waals surface area (Å²) in [5, 5.41) is 4.38. The van der Waals surface area contributed by atoms with Crippen LogP contribution in [0.4, 0.5) is 0 Å². The number of hydrogen-bond acceptors (Lipinski definition) is 3. The lowest BCUT2D eigenvalue weighted by Crippen LogP contribution is -2.42. The Morgan fingerprint density at radius 3 is 2.32 bits per heavy atom. The molecule has 1 heterocycles. The standard InChI is InChI=1S/C12H24N4O2S/c1-9(2)15(6)19(17,18)13-7-8-16-12(5)10(3)11(4)14-16/h9,13H,7-8H2,1-6H3. The van der Waals surface area contributed by atoms with Crippen LogP contribution in [0, 0.1) is 20.8 Å². The Kier molecular flexibility index (Phi) is 5.11. The third-order valence-corrected chi connectivity index (χ3v) is 5.21. The van der Waals surface area contributed by atoms with Crippen molar-refractivity contribution in [3.05, 3.63) is 17.0 Å². The van der Waals surface area contributed by atoms with E-state index in [-0.39, 0.29) is 6.04 Å². The van der Waals surface area contributed by atoms with E-state index in [1.165, 1.54) is 4.31 Å². The topological polar surface area (TPSA) is 67.2 Å². The summed E-state index contributed by atoms with van der Waals surface area (Å²) in [6.07, 6.45) is 0. The van der Waals surface area contributed by atoms with E-state index in [0.717, 1.165) is 17.0 Å². The molecular formula is C12H24N4O2S. The Bertz CT molecular complexity index is 534. The van der Waals surface area contributed by atoms with Crippen LogP contribution in [0.5, 0.6) is 0 Å². The van der Waals surface area contributed by atoms with Crippen LogP contribution in [-0.2, 0) is 16.8 Å². The van der Waals surface area contributed by atoms with Crippen LogP contribution in [0.15, 0.2) is 0 Å². The molecule has 1 aromatic heterocycles. The van der Waals surface area contributed by atoms with Gasteiger partial charge >= 0.3 is 0 Å². The van der Waals surface area contributed by atoms with Gasteiger partial charge in [-0.1, -0.05) is 0 Å². The molecule has 0 atom stereocenters. The van der Waals surface area contributed by atoms with Gasteiger partial charge in [-0.2, -0.15) is 17.8 Å². The molecule has 0 spiro atoms. The van der Waals surface area contributed by atoms with Gasteiger partial charge in [-0.3, -0.25) is 4.68 Å². The Hall–Kier alpha value is -0.920. The van der Waals surface area contributed by atoms with Gasteiger partial charge in [0.25, 0.3) is 10.2 Å². The first kappa shape index (κ1) is 16.1. The second-order valence-corrected chi connectivity index (χ2v) is 6.84. The summed E-state index contributed by atoms with van der Waals surface area (Å²) in [5.74, 6) is 0. The number of aryl methyl sites for hydroxylation is 1. The molecule has 0 aromatic carbocycles. The van der Waals surface area contributed by atoms with Crippen molar-refractivity contribution in [1.29, 1.82) is 0 Å². The van der Waals surface area contributed by atoms with Gasteiger partial charge in [0.15, 0.2) is 0 Å². The van der Waals surface area contributed by atoms with Crippen molar-refractivity contribution < 1.29 is 8.42 Å². The van der Waals surface area contributed by atoms with Gasteiger partial charge in [0.1, 0.15) is 0 Å². The number of nitrogens with one attached hydrogen (secondary N) is 1. The normalized spacial score (nSPS) is 12.6. The van der Waals surface area contributed by atoms with E-state index in [9.17, 15) is 8.42 Å². The first-order chi connectivity index (χ1) is 8.66. The summed E-state index contributed by atoms with van der Waals surface area (Å²) in [6, 6.07) is -0.0616. The predicted molar refractivity (Wildman–Crippen MR) is 76.3 cm³/mol. The summed E-state index contributed by atoms with van der Waals surface area (Å²) >= 11 is 0. The summed E-state index contributed by atoms with van der Waals surface area (Å²) < 4.78 is 29.5. The molecule has 0 aliphatic carbocycles. The van der Waals surface area contributed by atoms with Crippen LogP contribution in [0.1, 0.15) is 30.8 Å². The second-order valence-electron chi connectivity index (χ2n) is 5.03. The van der Waals surface area contributed by atoms with Gasteiger partial charge in [0.2, 0.25) is 0 Å². The van der Waals surface area contributed by atoms with Gasteiger partial charge in [0, 0.05) is 25.3 Å². The molecule has 0 amide bonds. The van der Waals surface area contributed by atoms with Crippen molar-refractivity contribution >= 4 is 10.2 Å². The highest BCUT2D eigenvalue weighted by Gasteiger charge is 2.19. The van der Waals surface area contributed by atoms with E-state index < -0.39 is 10.2 Å². The molecular weight excluding hydrogens is 264 g/mol. The van der Waals surface area contributed by atoms with Crippen LogP contribution >= 0.6 is 0 Å². The van der Waals surface area contributed by atoms with E-state index in [4.69, 9.17) is 0 Å². The Labute approximate surface area is 116 Å². The Morgan fingerprint density at radius 2 is 1.89 bits per heavy atom. The fourth-order valence-corrected chi connectivity index (χ4v) is 2.77. The summed E-state index contributed by atoms with van der Waals surface area (Å²) in [7, 11) is -1.83. The van der Waals surface area contributed by atoms with Crippen LogP contribution < -0.4 is 4.72 Å². The van der Waals surface area contributed by atoms with Crippen molar-refractivity contribution in [1.82, 2.24) is 18.8 Å². The molecule has 110 valence electrons. The Balaban J connectivity index is 2.62. The molecule has 0 aliphatic rings. The SMILES string of the molecule is Cc1nn(CCNS(=O)(=O)N(C)C(C)C)c(C)c1C. The van der Waals surface area contributed by atoms with Crippen LogP contribution in [0.2, 0.25) is 0 Å². The van der Waals surface area contributed by atoms with Crippen molar-refractivity contribution in [2.24, 2.45) is 0 Å². The molecule has 6 nitrogen and oxygen atoms in total. The molecule has 0 radical (unpaired) electrons. The molecule has 19 heavy (non-hydrogen) atoms. The smallest absolute Gasteiger partial charge is 0.268 e.